The first-order valence-electron chi connectivity index (χ1n) is 14.1. The molecule has 0 amide bonds. The molecule has 0 saturated carbocycles. The molecule has 2 N–H and O–H groups in total. The summed E-state index contributed by atoms with van der Waals surface area (Å²) < 4.78 is 8.86. The van der Waals surface area contributed by atoms with Gasteiger partial charge in [0.1, 0.15) is 23.0 Å². The molecule has 0 fully saturated rings. The first kappa shape index (κ1) is 24.7. The second-order valence-corrected chi connectivity index (χ2v) is 12.5. The number of anilines is 1. The number of benzene rings is 3. The third kappa shape index (κ3) is 3.48. The number of para-hydroxylation sites is 1. The van der Waals surface area contributed by atoms with Crippen molar-refractivity contribution in [2.45, 2.75) is 52.4 Å². The van der Waals surface area contributed by atoms with Crippen molar-refractivity contribution in [3.63, 3.8) is 0 Å². The number of nitrogens with zero attached hydrogens (tertiary/aromatic N) is 3. The number of rotatable bonds is 6. The molecule has 1 aliphatic rings. The Bertz CT molecular complexity index is 1910. The van der Waals surface area contributed by atoms with E-state index in [1.807, 2.05) is 18.3 Å². The first-order chi connectivity index (χ1) is 19.2. The van der Waals surface area contributed by atoms with Crippen LogP contribution >= 0.6 is 0 Å². The predicted molar refractivity (Wildman–Crippen MR) is 164 cm³/mol. The highest BCUT2D eigenvalue weighted by Crippen LogP contribution is 2.51. The Labute approximate surface area is 234 Å². The maximum absolute atomic E-state index is 6.48. The number of hydrogen-bond acceptors (Lipinski definition) is 4. The van der Waals surface area contributed by atoms with Crippen LogP contribution < -0.4 is 10.1 Å². The van der Waals surface area contributed by atoms with Gasteiger partial charge in [0.2, 0.25) is 0 Å². The minimum atomic E-state index is -0.0803. The van der Waals surface area contributed by atoms with Crippen molar-refractivity contribution >= 4 is 33.0 Å². The largest absolute Gasteiger partial charge is 0.457 e. The number of H-pyrrole nitrogens is 1. The van der Waals surface area contributed by atoms with Gasteiger partial charge in [-0.05, 0) is 53.3 Å². The summed E-state index contributed by atoms with van der Waals surface area (Å²) in [6.07, 6.45) is 5.68. The van der Waals surface area contributed by atoms with Gasteiger partial charge in [-0.1, -0.05) is 59.7 Å². The highest BCUT2D eigenvalue weighted by atomic mass is 16.5. The molecule has 6 aromatic rings. The summed E-state index contributed by atoms with van der Waals surface area (Å²) >= 11 is 0. The SMILES string of the molecule is CC(C)CNc1ccc(Oc2ccc3c(c2)c2ncc4n2c2c(cccc32)C(C)(C)C4(C)C)cc1-c1ncc[nH]1. The summed E-state index contributed by atoms with van der Waals surface area (Å²) in [6, 6.07) is 19.2. The number of nitrogens with one attached hydrogen (secondary N) is 2. The van der Waals surface area contributed by atoms with E-state index >= 15 is 0 Å². The lowest BCUT2D eigenvalue weighted by molar-refractivity contribution is 0.288. The molecule has 3 aromatic carbocycles. The van der Waals surface area contributed by atoms with Crippen LogP contribution in [0.25, 0.3) is 38.7 Å². The van der Waals surface area contributed by atoms with E-state index in [0.717, 1.165) is 46.2 Å². The van der Waals surface area contributed by atoms with Gasteiger partial charge in [-0.3, -0.25) is 4.40 Å². The van der Waals surface area contributed by atoms with Crippen molar-refractivity contribution in [1.82, 2.24) is 19.4 Å². The van der Waals surface area contributed by atoms with Gasteiger partial charge in [0.25, 0.3) is 0 Å². The molecule has 0 saturated heterocycles. The predicted octanol–water partition coefficient (Wildman–Crippen LogP) is 8.46. The third-order valence-corrected chi connectivity index (χ3v) is 9.10. The molecule has 6 heteroatoms. The summed E-state index contributed by atoms with van der Waals surface area (Å²) in [4.78, 5) is 12.7. The second kappa shape index (κ2) is 8.59. The Balaban J connectivity index is 1.36. The second-order valence-electron chi connectivity index (χ2n) is 12.5. The van der Waals surface area contributed by atoms with E-state index in [2.05, 4.69) is 110 Å². The average molecular weight is 530 g/mol. The fourth-order valence-corrected chi connectivity index (χ4v) is 6.18. The van der Waals surface area contributed by atoms with Crippen molar-refractivity contribution in [1.29, 1.82) is 0 Å². The lowest BCUT2D eigenvalue weighted by Gasteiger charge is -2.45. The molecule has 3 aromatic heterocycles. The number of aromatic amines is 1. The normalized spacial score (nSPS) is 15.5. The minimum Gasteiger partial charge on any atom is -0.457 e. The summed E-state index contributed by atoms with van der Waals surface area (Å²) in [5.41, 5.74) is 6.75. The van der Waals surface area contributed by atoms with Crippen LogP contribution in [0.4, 0.5) is 5.69 Å². The van der Waals surface area contributed by atoms with Gasteiger partial charge in [0, 0.05) is 63.7 Å². The Morgan fingerprint density at radius 2 is 1.70 bits per heavy atom. The Morgan fingerprint density at radius 3 is 2.48 bits per heavy atom. The molecule has 40 heavy (non-hydrogen) atoms. The molecule has 0 bridgehead atoms. The average Bonchev–Trinajstić information content (AvgIpc) is 3.62. The summed E-state index contributed by atoms with van der Waals surface area (Å²) in [5.74, 6) is 2.87. The fourth-order valence-electron chi connectivity index (χ4n) is 6.18. The molecule has 7 rings (SSSR count). The van der Waals surface area contributed by atoms with Gasteiger partial charge in [0.05, 0.1) is 5.52 Å². The van der Waals surface area contributed by atoms with Gasteiger partial charge in [-0.15, -0.1) is 0 Å². The Hall–Kier alpha value is -4.32. The van der Waals surface area contributed by atoms with Crippen molar-refractivity contribution in [2.75, 3.05) is 11.9 Å². The molecular weight excluding hydrogens is 494 g/mol. The van der Waals surface area contributed by atoms with Crippen LogP contribution in [-0.2, 0) is 10.8 Å². The van der Waals surface area contributed by atoms with Gasteiger partial charge in [0.15, 0.2) is 0 Å². The van der Waals surface area contributed by atoms with Crippen molar-refractivity contribution < 1.29 is 4.74 Å². The zero-order valence-corrected chi connectivity index (χ0v) is 24.0. The monoisotopic (exact) mass is 529 g/mol. The third-order valence-electron chi connectivity index (χ3n) is 9.10. The van der Waals surface area contributed by atoms with Gasteiger partial charge in [-0.25, -0.2) is 9.97 Å². The Kier molecular flexibility index (Phi) is 5.30. The smallest absolute Gasteiger partial charge is 0.145 e. The van der Waals surface area contributed by atoms with Crippen LogP contribution in [0.3, 0.4) is 0 Å². The van der Waals surface area contributed by atoms with Gasteiger partial charge >= 0.3 is 0 Å². The van der Waals surface area contributed by atoms with Crippen molar-refractivity contribution in [2.24, 2.45) is 5.92 Å². The number of hydrogen-bond donors (Lipinski definition) is 2. The summed E-state index contributed by atoms with van der Waals surface area (Å²) in [5, 5.41) is 7.07. The van der Waals surface area contributed by atoms with Crippen LogP contribution in [0.2, 0.25) is 0 Å². The topological polar surface area (TPSA) is 67.2 Å². The maximum atomic E-state index is 6.48. The van der Waals surface area contributed by atoms with Crippen LogP contribution in [0, 0.1) is 5.92 Å². The molecule has 6 nitrogen and oxygen atoms in total. The van der Waals surface area contributed by atoms with E-state index < -0.39 is 0 Å². The number of pyridine rings is 1. The number of fused-ring (bicyclic) bond motifs is 3. The van der Waals surface area contributed by atoms with Crippen LogP contribution in [0.15, 0.2) is 73.2 Å². The zero-order chi connectivity index (χ0) is 27.8. The highest BCUT2D eigenvalue weighted by molar-refractivity contribution is 6.13. The van der Waals surface area contributed by atoms with E-state index in [0.29, 0.717) is 5.92 Å². The minimum absolute atomic E-state index is 0.0336. The molecule has 4 heterocycles. The van der Waals surface area contributed by atoms with E-state index in [4.69, 9.17) is 9.72 Å². The number of ether oxygens (including phenoxy) is 1. The van der Waals surface area contributed by atoms with E-state index in [9.17, 15) is 0 Å². The molecular formula is C34H35N5O. The molecule has 0 spiro atoms. The number of aromatic nitrogens is 4. The molecule has 0 aliphatic carbocycles. The standard InChI is InChI=1S/C34H35N5O/c1-20(2)18-37-28-13-11-22(17-26(28)31-35-14-15-36-31)40-21-10-12-23-24-8-7-9-27-30(24)39-29(34(5,6)33(27,3)4)19-38-32(39)25(23)16-21/h7-17,19-20,37H,18H2,1-6H3,(H,35,36). The molecule has 0 atom stereocenters. The van der Waals surface area contributed by atoms with Crippen molar-refractivity contribution in [3.05, 3.63) is 84.4 Å². The maximum Gasteiger partial charge on any atom is 0.145 e. The number of imidazole rings is 2. The Morgan fingerprint density at radius 1 is 0.900 bits per heavy atom. The fraction of sp³-hybridized carbons (Fsp3) is 0.294. The van der Waals surface area contributed by atoms with Crippen LogP contribution in [0.1, 0.15) is 52.8 Å². The molecule has 202 valence electrons. The molecule has 1 aliphatic heterocycles. The van der Waals surface area contributed by atoms with E-state index in [1.54, 1.807) is 6.20 Å². The highest BCUT2D eigenvalue weighted by Gasteiger charge is 2.46. The summed E-state index contributed by atoms with van der Waals surface area (Å²) in [7, 11) is 0. The first-order valence-corrected chi connectivity index (χ1v) is 14.1. The molecule has 0 unspecified atom stereocenters. The quantitative estimate of drug-likeness (QED) is 0.212. The lowest BCUT2D eigenvalue weighted by Crippen LogP contribution is -2.44. The van der Waals surface area contributed by atoms with Crippen molar-refractivity contribution in [3.8, 4) is 22.9 Å². The van der Waals surface area contributed by atoms with Crippen LogP contribution in [-0.4, -0.2) is 25.9 Å². The zero-order valence-electron chi connectivity index (χ0n) is 24.0. The van der Waals surface area contributed by atoms with Crippen LogP contribution in [0.5, 0.6) is 11.5 Å². The van der Waals surface area contributed by atoms with E-state index in [1.165, 1.54) is 27.5 Å². The van der Waals surface area contributed by atoms with E-state index in [-0.39, 0.29) is 10.8 Å². The molecule has 0 radical (unpaired) electrons. The van der Waals surface area contributed by atoms with Gasteiger partial charge < -0.3 is 15.0 Å². The summed E-state index contributed by atoms with van der Waals surface area (Å²) in [6.45, 7) is 14.6. The van der Waals surface area contributed by atoms with Gasteiger partial charge in [-0.2, -0.15) is 0 Å². The lowest BCUT2D eigenvalue weighted by atomic mass is 9.61.